The van der Waals surface area contributed by atoms with Gasteiger partial charge in [0.15, 0.2) is 11.6 Å². The smallest absolute Gasteiger partial charge is 0.354 e. The van der Waals surface area contributed by atoms with Gasteiger partial charge in [0, 0.05) is 6.20 Å². The summed E-state index contributed by atoms with van der Waals surface area (Å²) in [5.74, 6) is -2.43. The third kappa shape index (κ3) is 8.60. The molecule has 0 aromatic heterocycles. The molecule has 0 aromatic rings. The van der Waals surface area contributed by atoms with Crippen molar-refractivity contribution in [1.29, 1.82) is 0 Å². The van der Waals surface area contributed by atoms with Crippen LogP contribution in [0.1, 0.15) is 13.8 Å². The number of nitrogens with zero attached hydrogens (tertiary/aromatic N) is 3. The van der Waals surface area contributed by atoms with Crippen molar-refractivity contribution in [1.82, 2.24) is 16.1 Å². The van der Waals surface area contributed by atoms with E-state index in [0.29, 0.717) is 16.2 Å². The molecule has 1 aliphatic heterocycles. The van der Waals surface area contributed by atoms with Gasteiger partial charge in [-0.2, -0.15) is 18.3 Å². The van der Waals surface area contributed by atoms with Crippen molar-refractivity contribution in [2.45, 2.75) is 25.6 Å². The summed E-state index contributed by atoms with van der Waals surface area (Å²) in [6, 6.07) is 0. The highest BCUT2D eigenvalue weighted by atomic mass is 35.5. The van der Waals surface area contributed by atoms with Gasteiger partial charge in [0.25, 0.3) is 0 Å². The Morgan fingerprint density at radius 3 is 2.67 bits per heavy atom. The maximum absolute atomic E-state index is 14.4. The third-order valence-corrected chi connectivity index (χ3v) is 3.73. The number of alkyl halides is 3. The van der Waals surface area contributed by atoms with Crippen LogP contribution in [0.5, 0.6) is 0 Å². The molecule has 12 heteroatoms. The highest BCUT2D eigenvalue weighted by Gasteiger charge is 2.33. The summed E-state index contributed by atoms with van der Waals surface area (Å²) in [5.41, 5.74) is 2.11. The minimum Gasteiger partial charge on any atom is -0.354 e. The number of amides is 1. The number of allylic oxidation sites excluding steroid dienone is 3. The summed E-state index contributed by atoms with van der Waals surface area (Å²) in [5, 5.41) is 8.27. The van der Waals surface area contributed by atoms with Gasteiger partial charge in [-0.25, -0.2) is 9.38 Å². The van der Waals surface area contributed by atoms with Gasteiger partial charge in [-0.15, -0.1) is 0 Å². The molecule has 30 heavy (non-hydrogen) atoms. The Bertz CT molecular complexity index is 840. The zero-order valence-corrected chi connectivity index (χ0v) is 17.0. The first-order chi connectivity index (χ1) is 13.9. The van der Waals surface area contributed by atoms with Crippen LogP contribution in [0.25, 0.3) is 0 Å². The maximum Gasteiger partial charge on any atom is 0.405 e. The monoisotopic (exact) mass is 448 g/mol. The lowest BCUT2D eigenvalue weighted by atomic mass is 10.0. The Balaban J connectivity index is 2.86. The van der Waals surface area contributed by atoms with Crippen LogP contribution in [0.4, 0.5) is 17.6 Å². The SMILES string of the molecule is C=N/C(NC(C)(C)C(=O)NCC(F)(F)F)=C(/F)C=NC/C1=C/N/N=C\C(Cl)=C/C1=C. The van der Waals surface area contributed by atoms with E-state index in [1.807, 2.05) is 0 Å². The highest BCUT2D eigenvalue weighted by molar-refractivity contribution is 6.39. The Morgan fingerprint density at radius 2 is 2.07 bits per heavy atom. The van der Waals surface area contributed by atoms with Gasteiger partial charge in [-0.05, 0) is 37.8 Å². The molecule has 3 N–H and O–H groups in total. The fourth-order valence-electron chi connectivity index (χ4n) is 1.96. The van der Waals surface area contributed by atoms with E-state index in [0.717, 1.165) is 6.21 Å². The number of carbonyl (C=O) groups excluding carboxylic acids is 1. The molecule has 0 aliphatic carbocycles. The Kier molecular flexibility index (Phi) is 8.96. The summed E-state index contributed by atoms with van der Waals surface area (Å²) in [4.78, 5) is 19.3. The molecule has 0 bridgehead atoms. The van der Waals surface area contributed by atoms with Crippen LogP contribution in [-0.4, -0.2) is 49.9 Å². The lowest BCUT2D eigenvalue weighted by molar-refractivity contribution is -0.141. The molecule has 0 saturated heterocycles. The summed E-state index contributed by atoms with van der Waals surface area (Å²) >= 11 is 5.89. The molecule has 0 fully saturated rings. The molecule has 1 heterocycles. The first-order valence-corrected chi connectivity index (χ1v) is 8.77. The Morgan fingerprint density at radius 1 is 1.40 bits per heavy atom. The van der Waals surface area contributed by atoms with Crippen LogP contribution in [-0.2, 0) is 4.79 Å². The van der Waals surface area contributed by atoms with Gasteiger partial charge in [0.1, 0.15) is 12.1 Å². The van der Waals surface area contributed by atoms with E-state index < -0.39 is 35.8 Å². The molecule has 164 valence electrons. The molecule has 0 radical (unpaired) electrons. The third-order valence-electron chi connectivity index (χ3n) is 3.52. The molecule has 1 aliphatic rings. The summed E-state index contributed by atoms with van der Waals surface area (Å²) in [6.45, 7) is 8.04. The van der Waals surface area contributed by atoms with Gasteiger partial charge in [-0.3, -0.25) is 15.2 Å². The van der Waals surface area contributed by atoms with Crippen LogP contribution in [0.15, 0.2) is 61.8 Å². The van der Waals surface area contributed by atoms with E-state index >= 15 is 0 Å². The van der Waals surface area contributed by atoms with Gasteiger partial charge in [0.05, 0.1) is 24.0 Å². The number of carbonyl (C=O) groups is 1. The molecule has 0 unspecified atom stereocenters. The van der Waals surface area contributed by atoms with Crippen LogP contribution < -0.4 is 16.1 Å². The van der Waals surface area contributed by atoms with Crippen molar-refractivity contribution in [3.05, 3.63) is 46.7 Å². The zero-order chi connectivity index (χ0) is 22.9. The van der Waals surface area contributed by atoms with Crippen molar-refractivity contribution < 1.29 is 22.4 Å². The molecule has 1 amide bonds. The second-order valence-electron chi connectivity index (χ2n) is 6.48. The van der Waals surface area contributed by atoms with E-state index in [1.165, 1.54) is 26.3 Å². The minimum atomic E-state index is -4.58. The van der Waals surface area contributed by atoms with Crippen LogP contribution in [0.3, 0.4) is 0 Å². The molecule has 1 rings (SSSR count). The zero-order valence-electron chi connectivity index (χ0n) is 16.3. The lowest BCUT2D eigenvalue weighted by Gasteiger charge is -2.26. The first kappa shape index (κ1) is 25.1. The first-order valence-electron chi connectivity index (χ1n) is 8.39. The summed E-state index contributed by atoms with van der Waals surface area (Å²) < 4.78 is 51.2. The molecule has 0 aromatic carbocycles. The number of hydrogen-bond donors (Lipinski definition) is 3. The number of hydrazone groups is 1. The lowest BCUT2D eigenvalue weighted by Crippen LogP contribution is -2.53. The van der Waals surface area contributed by atoms with Crippen molar-refractivity contribution >= 4 is 36.7 Å². The molecule has 7 nitrogen and oxygen atoms in total. The van der Waals surface area contributed by atoms with E-state index in [2.05, 4.69) is 39.1 Å². The van der Waals surface area contributed by atoms with Gasteiger partial charge < -0.3 is 10.6 Å². The van der Waals surface area contributed by atoms with Gasteiger partial charge in [-0.1, -0.05) is 18.2 Å². The van der Waals surface area contributed by atoms with Crippen molar-refractivity contribution in [3.63, 3.8) is 0 Å². The van der Waals surface area contributed by atoms with Crippen molar-refractivity contribution in [2.75, 3.05) is 13.1 Å². The highest BCUT2D eigenvalue weighted by Crippen LogP contribution is 2.16. The quantitative estimate of drug-likeness (QED) is 0.393. The van der Waals surface area contributed by atoms with Crippen molar-refractivity contribution in [3.8, 4) is 0 Å². The average Bonchev–Trinajstić information content (AvgIpc) is 2.63. The standard InChI is InChI=1S/C18H21ClF4N6O/c1-11-5-13(19)8-28-27-7-12(11)6-25-9-14(20)15(24-4)29-17(2,3)16(30)26-10-18(21,22)23/h5,7-9,27,29H,1,4,6,10H2,2-3H3,(H,26,30)/b12-7-,13-5+,15-14-,25-9?,28-8-. The van der Waals surface area contributed by atoms with Crippen LogP contribution in [0, 0.1) is 0 Å². The molecule has 0 atom stereocenters. The largest absolute Gasteiger partial charge is 0.405 e. The number of hydrogen-bond acceptors (Lipinski definition) is 6. The Labute approximate surface area is 176 Å². The summed E-state index contributed by atoms with van der Waals surface area (Å²) in [7, 11) is 0. The van der Waals surface area contributed by atoms with Gasteiger partial charge in [0.2, 0.25) is 5.91 Å². The van der Waals surface area contributed by atoms with Crippen LogP contribution >= 0.6 is 11.6 Å². The summed E-state index contributed by atoms with van der Waals surface area (Å²) in [6.07, 6.45) is 0.707. The maximum atomic E-state index is 14.4. The number of rotatable bonds is 8. The number of nitrogens with one attached hydrogen (secondary N) is 3. The topological polar surface area (TPSA) is 90.2 Å². The predicted molar refractivity (Wildman–Crippen MR) is 110 cm³/mol. The normalized spacial score (nSPS) is 20.6. The number of halogens is 5. The molecule has 0 saturated carbocycles. The van der Waals surface area contributed by atoms with E-state index in [1.54, 1.807) is 11.4 Å². The van der Waals surface area contributed by atoms with Crippen LogP contribution in [0.2, 0.25) is 0 Å². The molecular formula is C18H21ClF4N6O. The Hall–Kier alpha value is -2.95. The second kappa shape index (κ2) is 10.7. The van der Waals surface area contributed by atoms with E-state index in [-0.39, 0.29) is 6.54 Å². The van der Waals surface area contributed by atoms with Gasteiger partial charge >= 0.3 is 6.18 Å². The molecule has 0 spiro atoms. The minimum absolute atomic E-state index is 0.00925. The van der Waals surface area contributed by atoms with E-state index in [4.69, 9.17) is 11.6 Å². The van der Waals surface area contributed by atoms with E-state index in [9.17, 15) is 22.4 Å². The predicted octanol–water partition coefficient (Wildman–Crippen LogP) is 3.09. The average molecular weight is 449 g/mol. The van der Waals surface area contributed by atoms with Crippen molar-refractivity contribution in [2.24, 2.45) is 15.1 Å². The number of aliphatic imine (C=N–C) groups is 2. The fourth-order valence-corrected chi connectivity index (χ4v) is 2.15. The molecular weight excluding hydrogens is 428 g/mol. The fraction of sp³-hybridized carbons (Fsp3) is 0.333. The second-order valence-corrected chi connectivity index (χ2v) is 6.92.